The Labute approximate surface area is 131 Å². The molecule has 8 heteroatoms. The van der Waals surface area contributed by atoms with Crippen LogP contribution in [0.4, 0.5) is 4.39 Å². The van der Waals surface area contributed by atoms with Gasteiger partial charge in [0.1, 0.15) is 5.82 Å². The first-order valence-corrected chi connectivity index (χ1v) is 8.54. The van der Waals surface area contributed by atoms with Crippen LogP contribution >= 0.6 is 0 Å². The van der Waals surface area contributed by atoms with E-state index < -0.39 is 16.3 Å². The lowest BCUT2D eigenvalue weighted by Gasteiger charge is -2.37. The molecule has 22 heavy (non-hydrogen) atoms. The lowest BCUT2D eigenvalue weighted by atomic mass is 10.1. The summed E-state index contributed by atoms with van der Waals surface area (Å²) in [5.41, 5.74) is 0.649. The average molecular weight is 331 g/mol. The van der Waals surface area contributed by atoms with Gasteiger partial charge in [-0.05, 0) is 17.7 Å². The highest BCUT2D eigenvalue weighted by molar-refractivity contribution is 7.86. The molecular weight excluding hydrogens is 309 g/mol. The summed E-state index contributed by atoms with van der Waals surface area (Å²) in [4.78, 5) is 0. The van der Waals surface area contributed by atoms with Crippen molar-refractivity contribution >= 4 is 10.2 Å². The maximum Gasteiger partial charge on any atom is 0.282 e. The number of piperazine rings is 1. The molecule has 0 saturated carbocycles. The largest absolute Gasteiger partial charge is 0.383 e. The zero-order chi connectivity index (χ0) is 16.2. The van der Waals surface area contributed by atoms with Crippen molar-refractivity contribution < 1.29 is 17.5 Å². The third kappa shape index (κ3) is 3.82. The van der Waals surface area contributed by atoms with Crippen molar-refractivity contribution in [2.75, 3.05) is 46.9 Å². The summed E-state index contributed by atoms with van der Waals surface area (Å²) in [6, 6.07) is 5.66. The van der Waals surface area contributed by atoms with Gasteiger partial charge >= 0.3 is 0 Å². The van der Waals surface area contributed by atoms with Gasteiger partial charge < -0.3 is 10.1 Å². The summed E-state index contributed by atoms with van der Waals surface area (Å²) in [6.07, 6.45) is 0. The number of nitrogens with one attached hydrogen (secondary N) is 1. The number of likely N-dealkylation sites (N-methyl/N-ethyl adjacent to an activating group) is 1. The van der Waals surface area contributed by atoms with Crippen molar-refractivity contribution in [3.8, 4) is 0 Å². The van der Waals surface area contributed by atoms with E-state index in [1.165, 1.54) is 34.9 Å². The number of methoxy groups -OCH3 is 1. The number of ether oxygens (including phenoxy) is 1. The zero-order valence-electron chi connectivity index (χ0n) is 12.8. The van der Waals surface area contributed by atoms with Gasteiger partial charge in [0.15, 0.2) is 0 Å². The van der Waals surface area contributed by atoms with E-state index in [4.69, 9.17) is 4.74 Å². The number of benzene rings is 1. The van der Waals surface area contributed by atoms with Crippen molar-refractivity contribution in [1.82, 2.24) is 13.9 Å². The molecule has 1 saturated heterocycles. The summed E-state index contributed by atoms with van der Waals surface area (Å²) in [6.45, 7) is 1.98. The second-order valence-corrected chi connectivity index (χ2v) is 7.20. The van der Waals surface area contributed by atoms with Gasteiger partial charge in [-0.2, -0.15) is 17.0 Å². The Morgan fingerprint density at radius 2 is 2.27 bits per heavy atom. The predicted molar refractivity (Wildman–Crippen MR) is 82.1 cm³/mol. The van der Waals surface area contributed by atoms with E-state index in [1.807, 2.05) is 0 Å². The maximum atomic E-state index is 13.5. The number of hydrogen-bond donors (Lipinski definition) is 1. The quantitative estimate of drug-likeness (QED) is 0.829. The predicted octanol–water partition coefficient (Wildman–Crippen LogP) is 0.595. The smallest absolute Gasteiger partial charge is 0.282 e. The van der Waals surface area contributed by atoms with E-state index in [0.29, 0.717) is 31.8 Å². The first kappa shape index (κ1) is 17.3. The van der Waals surface area contributed by atoms with Crippen LogP contribution in [0.25, 0.3) is 0 Å². The highest BCUT2D eigenvalue weighted by atomic mass is 32.2. The molecule has 1 aliphatic heterocycles. The topological polar surface area (TPSA) is 61.9 Å². The SMILES string of the molecule is COCCN(C)S(=O)(=O)N1CCNCC1c1cccc(F)c1. The lowest BCUT2D eigenvalue weighted by molar-refractivity contribution is 0.178. The first-order valence-electron chi connectivity index (χ1n) is 7.15. The molecule has 1 aromatic carbocycles. The maximum absolute atomic E-state index is 13.5. The van der Waals surface area contributed by atoms with Crippen molar-refractivity contribution in [1.29, 1.82) is 0 Å². The van der Waals surface area contributed by atoms with Crippen LogP contribution in [0, 0.1) is 5.82 Å². The minimum Gasteiger partial charge on any atom is -0.383 e. The lowest BCUT2D eigenvalue weighted by Crippen LogP contribution is -2.53. The molecule has 1 aromatic rings. The molecule has 1 aliphatic rings. The Kier molecular flexibility index (Phi) is 5.87. The highest BCUT2D eigenvalue weighted by Crippen LogP contribution is 2.26. The van der Waals surface area contributed by atoms with Crippen LogP contribution < -0.4 is 5.32 Å². The second-order valence-electron chi connectivity index (χ2n) is 5.21. The van der Waals surface area contributed by atoms with Gasteiger partial charge in [-0.3, -0.25) is 0 Å². The molecule has 124 valence electrons. The molecule has 0 amide bonds. The molecule has 0 aromatic heterocycles. The van der Waals surface area contributed by atoms with E-state index in [9.17, 15) is 12.8 Å². The summed E-state index contributed by atoms with van der Waals surface area (Å²) in [7, 11) is -0.565. The number of rotatable bonds is 6. The minimum atomic E-state index is -3.62. The molecule has 1 N–H and O–H groups in total. The highest BCUT2D eigenvalue weighted by Gasteiger charge is 2.35. The van der Waals surface area contributed by atoms with Crippen LogP contribution in [0.5, 0.6) is 0 Å². The average Bonchev–Trinajstić information content (AvgIpc) is 2.52. The van der Waals surface area contributed by atoms with E-state index in [1.54, 1.807) is 12.1 Å². The Hall–Kier alpha value is -1.06. The molecule has 1 atom stereocenters. The van der Waals surface area contributed by atoms with Crippen molar-refractivity contribution in [2.24, 2.45) is 0 Å². The third-order valence-electron chi connectivity index (χ3n) is 3.73. The number of nitrogens with zero attached hydrogens (tertiary/aromatic N) is 2. The van der Waals surface area contributed by atoms with E-state index in [2.05, 4.69) is 5.32 Å². The third-order valence-corrected chi connectivity index (χ3v) is 5.73. The van der Waals surface area contributed by atoms with Crippen LogP contribution in [-0.4, -0.2) is 64.0 Å². The fourth-order valence-corrected chi connectivity index (χ4v) is 3.98. The van der Waals surface area contributed by atoms with E-state index in [0.717, 1.165) is 0 Å². The summed E-state index contributed by atoms with van der Waals surface area (Å²) in [5.74, 6) is -0.367. The fraction of sp³-hybridized carbons (Fsp3) is 0.571. The standard InChI is InChI=1S/C14H22FN3O3S/c1-17(8-9-21-2)22(19,20)18-7-6-16-11-14(18)12-4-3-5-13(15)10-12/h3-5,10,14,16H,6-9,11H2,1-2H3. The van der Waals surface area contributed by atoms with Gasteiger partial charge in [-0.1, -0.05) is 12.1 Å². The fourth-order valence-electron chi connectivity index (χ4n) is 2.47. The number of halogens is 1. The van der Waals surface area contributed by atoms with E-state index >= 15 is 0 Å². The van der Waals surface area contributed by atoms with Crippen LogP contribution in [0.1, 0.15) is 11.6 Å². The first-order chi connectivity index (χ1) is 10.5. The van der Waals surface area contributed by atoms with Crippen LogP contribution in [0.2, 0.25) is 0 Å². The molecule has 1 heterocycles. The second kappa shape index (κ2) is 7.47. The Balaban J connectivity index is 2.26. The van der Waals surface area contributed by atoms with Crippen LogP contribution in [-0.2, 0) is 14.9 Å². The molecule has 1 unspecified atom stereocenters. The molecule has 2 rings (SSSR count). The van der Waals surface area contributed by atoms with Gasteiger partial charge in [-0.25, -0.2) is 4.39 Å². The molecule has 0 spiro atoms. The molecule has 0 aliphatic carbocycles. The zero-order valence-corrected chi connectivity index (χ0v) is 13.6. The monoisotopic (exact) mass is 331 g/mol. The van der Waals surface area contributed by atoms with Gasteiger partial charge in [0.25, 0.3) is 10.2 Å². The van der Waals surface area contributed by atoms with Crippen molar-refractivity contribution in [3.63, 3.8) is 0 Å². The summed E-state index contributed by atoms with van der Waals surface area (Å²) >= 11 is 0. The molecule has 0 bridgehead atoms. The van der Waals surface area contributed by atoms with Gasteiger partial charge in [0.2, 0.25) is 0 Å². The van der Waals surface area contributed by atoms with Gasteiger partial charge in [0, 0.05) is 40.3 Å². The molecular formula is C14H22FN3O3S. The van der Waals surface area contributed by atoms with Gasteiger partial charge in [0.05, 0.1) is 12.6 Å². The number of hydrogen-bond acceptors (Lipinski definition) is 4. The minimum absolute atomic E-state index is 0.276. The van der Waals surface area contributed by atoms with Crippen LogP contribution in [0.3, 0.4) is 0 Å². The van der Waals surface area contributed by atoms with E-state index in [-0.39, 0.29) is 12.4 Å². The Bertz CT molecular complexity index is 597. The molecule has 0 radical (unpaired) electrons. The van der Waals surface area contributed by atoms with Crippen molar-refractivity contribution in [2.45, 2.75) is 6.04 Å². The Morgan fingerprint density at radius 1 is 1.50 bits per heavy atom. The molecule has 1 fully saturated rings. The normalized spacial score (nSPS) is 20.5. The van der Waals surface area contributed by atoms with Crippen molar-refractivity contribution in [3.05, 3.63) is 35.6 Å². The summed E-state index contributed by atoms with van der Waals surface area (Å²) < 4.78 is 46.6. The van der Waals surface area contributed by atoms with Crippen LogP contribution in [0.15, 0.2) is 24.3 Å². The molecule has 6 nitrogen and oxygen atoms in total. The van der Waals surface area contributed by atoms with Gasteiger partial charge in [-0.15, -0.1) is 0 Å². The summed E-state index contributed by atoms with van der Waals surface area (Å²) in [5, 5.41) is 3.17. The Morgan fingerprint density at radius 3 is 2.95 bits per heavy atom.